The first-order valence-electron chi connectivity index (χ1n) is 9.76. The number of hydrogen-bond donors (Lipinski definition) is 0. The number of nitrogens with zero attached hydrogens (tertiary/aromatic N) is 3. The number of hydrogen-bond acceptors (Lipinski definition) is 3. The molecule has 0 radical (unpaired) electrons. The lowest BCUT2D eigenvalue weighted by atomic mass is 10.1. The van der Waals surface area contributed by atoms with Gasteiger partial charge in [-0.05, 0) is 54.3 Å². The van der Waals surface area contributed by atoms with Crippen molar-refractivity contribution in [2.45, 2.75) is 38.5 Å². The van der Waals surface area contributed by atoms with Crippen molar-refractivity contribution in [2.24, 2.45) is 0 Å². The molecule has 0 atom stereocenters. The largest absolute Gasteiger partial charge is 0.497 e. The first-order valence-corrected chi connectivity index (χ1v) is 9.76. The molecule has 142 valence electrons. The summed E-state index contributed by atoms with van der Waals surface area (Å²) >= 11 is 0. The Morgan fingerprint density at radius 1 is 1.07 bits per heavy atom. The molecular formula is C24H25N3O. The molecule has 4 heteroatoms. The SMILES string of the molecule is COc1cccc(Cn2cccc2CN(Cc2ccccc2C#N)C2CC2)c1. The fourth-order valence-electron chi connectivity index (χ4n) is 3.66. The van der Waals surface area contributed by atoms with Gasteiger partial charge in [-0.15, -0.1) is 0 Å². The average molecular weight is 371 g/mol. The monoisotopic (exact) mass is 371 g/mol. The standard InChI is InChI=1S/C24H25N3O/c1-28-24-10-4-6-19(14-24)16-26-13-5-9-23(26)18-27(22-11-12-22)17-21-8-3-2-7-20(21)15-25/h2-10,13-14,22H,11-12,16-18H2,1H3. The zero-order valence-corrected chi connectivity index (χ0v) is 16.2. The lowest BCUT2D eigenvalue weighted by molar-refractivity contribution is 0.239. The maximum atomic E-state index is 9.41. The van der Waals surface area contributed by atoms with Gasteiger partial charge in [0.1, 0.15) is 5.75 Å². The van der Waals surface area contributed by atoms with Gasteiger partial charge in [-0.2, -0.15) is 5.26 Å². The molecule has 0 spiro atoms. The molecule has 0 amide bonds. The molecule has 2 aromatic carbocycles. The van der Waals surface area contributed by atoms with E-state index < -0.39 is 0 Å². The molecule has 1 heterocycles. The van der Waals surface area contributed by atoms with Crippen LogP contribution in [0.3, 0.4) is 0 Å². The van der Waals surface area contributed by atoms with Crippen LogP contribution in [0.15, 0.2) is 66.9 Å². The van der Waals surface area contributed by atoms with E-state index in [2.05, 4.69) is 52.1 Å². The third-order valence-corrected chi connectivity index (χ3v) is 5.35. The van der Waals surface area contributed by atoms with Crippen molar-refractivity contribution in [3.05, 3.63) is 89.2 Å². The van der Waals surface area contributed by atoms with Crippen molar-refractivity contribution >= 4 is 0 Å². The molecule has 1 aromatic heterocycles. The van der Waals surface area contributed by atoms with Crippen molar-refractivity contribution in [3.63, 3.8) is 0 Å². The molecule has 0 saturated heterocycles. The Balaban J connectivity index is 1.51. The number of methoxy groups -OCH3 is 1. The van der Waals surface area contributed by atoms with E-state index in [1.54, 1.807) is 7.11 Å². The van der Waals surface area contributed by atoms with Gasteiger partial charge in [0.05, 0.1) is 18.7 Å². The Labute approximate surface area is 166 Å². The summed E-state index contributed by atoms with van der Waals surface area (Å²) in [4.78, 5) is 2.51. The van der Waals surface area contributed by atoms with E-state index in [0.717, 1.165) is 36.5 Å². The minimum Gasteiger partial charge on any atom is -0.497 e. The van der Waals surface area contributed by atoms with Crippen molar-refractivity contribution in [1.29, 1.82) is 5.26 Å². The molecule has 1 aliphatic carbocycles. The molecule has 0 unspecified atom stereocenters. The average Bonchev–Trinajstić information content (AvgIpc) is 3.50. The summed E-state index contributed by atoms with van der Waals surface area (Å²) in [5, 5.41) is 9.41. The Hall–Kier alpha value is -3.03. The molecule has 0 aliphatic heterocycles. The van der Waals surface area contributed by atoms with E-state index >= 15 is 0 Å². The van der Waals surface area contributed by atoms with Crippen molar-refractivity contribution in [1.82, 2.24) is 9.47 Å². The fraction of sp³-hybridized carbons (Fsp3) is 0.292. The number of ether oxygens (including phenoxy) is 1. The number of rotatable bonds is 8. The number of benzene rings is 2. The van der Waals surface area contributed by atoms with E-state index in [0.29, 0.717) is 6.04 Å². The van der Waals surface area contributed by atoms with Crippen LogP contribution in [0.25, 0.3) is 0 Å². The minimum absolute atomic E-state index is 0.618. The lowest BCUT2D eigenvalue weighted by Crippen LogP contribution is -2.26. The van der Waals surface area contributed by atoms with Gasteiger partial charge in [0, 0.05) is 37.6 Å². The summed E-state index contributed by atoms with van der Waals surface area (Å²) in [6.45, 7) is 2.53. The predicted octanol–water partition coefficient (Wildman–Crippen LogP) is 4.58. The van der Waals surface area contributed by atoms with Crippen molar-refractivity contribution < 1.29 is 4.74 Å². The van der Waals surface area contributed by atoms with Gasteiger partial charge in [-0.3, -0.25) is 4.90 Å². The number of aromatic nitrogens is 1. The maximum absolute atomic E-state index is 9.41. The molecule has 1 fully saturated rings. The Morgan fingerprint density at radius 2 is 1.93 bits per heavy atom. The number of nitriles is 1. The molecule has 4 rings (SSSR count). The zero-order chi connectivity index (χ0) is 19.3. The molecule has 28 heavy (non-hydrogen) atoms. The Bertz CT molecular complexity index is 981. The second kappa shape index (κ2) is 8.33. The highest BCUT2D eigenvalue weighted by molar-refractivity contribution is 5.37. The van der Waals surface area contributed by atoms with Crippen LogP contribution >= 0.6 is 0 Å². The normalized spacial score (nSPS) is 13.5. The highest BCUT2D eigenvalue weighted by Gasteiger charge is 2.29. The summed E-state index contributed by atoms with van der Waals surface area (Å²) in [5.41, 5.74) is 4.41. The van der Waals surface area contributed by atoms with E-state index in [1.165, 1.54) is 24.1 Å². The second-order valence-corrected chi connectivity index (χ2v) is 7.38. The van der Waals surface area contributed by atoms with Crippen molar-refractivity contribution in [2.75, 3.05) is 7.11 Å². The first kappa shape index (κ1) is 18.3. The van der Waals surface area contributed by atoms with Gasteiger partial charge in [0.2, 0.25) is 0 Å². The van der Waals surface area contributed by atoms with Crippen LogP contribution < -0.4 is 4.74 Å². The van der Waals surface area contributed by atoms with Crippen LogP contribution in [0.4, 0.5) is 0 Å². The van der Waals surface area contributed by atoms with E-state index in [1.807, 2.05) is 30.3 Å². The van der Waals surface area contributed by atoms with Crippen LogP contribution in [0.1, 0.15) is 35.2 Å². The highest BCUT2D eigenvalue weighted by Crippen LogP contribution is 2.30. The maximum Gasteiger partial charge on any atom is 0.119 e. The fourth-order valence-corrected chi connectivity index (χ4v) is 3.66. The summed E-state index contributed by atoms with van der Waals surface area (Å²) in [5.74, 6) is 0.888. The van der Waals surface area contributed by atoms with E-state index in [9.17, 15) is 5.26 Å². The molecular weight excluding hydrogens is 346 g/mol. The summed E-state index contributed by atoms with van der Waals surface area (Å²) < 4.78 is 7.66. The topological polar surface area (TPSA) is 41.2 Å². The third kappa shape index (κ3) is 4.27. The lowest BCUT2D eigenvalue weighted by Gasteiger charge is -2.23. The van der Waals surface area contributed by atoms with Gasteiger partial charge >= 0.3 is 0 Å². The predicted molar refractivity (Wildman–Crippen MR) is 110 cm³/mol. The molecule has 1 aliphatic rings. The van der Waals surface area contributed by atoms with Crippen LogP contribution in [-0.4, -0.2) is 22.6 Å². The summed E-state index contributed by atoms with van der Waals surface area (Å²) in [7, 11) is 1.70. The van der Waals surface area contributed by atoms with Gasteiger partial charge in [-0.25, -0.2) is 0 Å². The highest BCUT2D eigenvalue weighted by atomic mass is 16.5. The van der Waals surface area contributed by atoms with Gasteiger partial charge < -0.3 is 9.30 Å². The molecule has 1 saturated carbocycles. The van der Waals surface area contributed by atoms with Gasteiger partial charge in [-0.1, -0.05) is 30.3 Å². The van der Waals surface area contributed by atoms with Crippen LogP contribution in [0.2, 0.25) is 0 Å². The quantitative estimate of drug-likeness (QED) is 0.582. The summed E-state index contributed by atoms with van der Waals surface area (Å²) in [6.07, 6.45) is 4.62. The molecule has 0 N–H and O–H groups in total. The Morgan fingerprint density at radius 3 is 2.71 bits per heavy atom. The Kier molecular flexibility index (Phi) is 5.45. The summed E-state index contributed by atoms with van der Waals surface area (Å²) in [6, 6.07) is 23.4. The molecule has 4 nitrogen and oxygen atoms in total. The first-order chi connectivity index (χ1) is 13.8. The van der Waals surface area contributed by atoms with E-state index in [4.69, 9.17) is 4.74 Å². The van der Waals surface area contributed by atoms with Gasteiger partial charge in [0.25, 0.3) is 0 Å². The van der Waals surface area contributed by atoms with Crippen LogP contribution in [0, 0.1) is 11.3 Å². The van der Waals surface area contributed by atoms with Crippen molar-refractivity contribution in [3.8, 4) is 11.8 Å². The third-order valence-electron chi connectivity index (χ3n) is 5.35. The second-order valence-electron chi connectivity index (χ2n) is 7.38. The smallest absolute Gasteiger partial charge is 0.119 e. The van der Waals surface area contributed by atoms with Crippen LogP contribution in [-0.2, 0) is 19.6 Å². The van der Waals surface area contributed by atoms with E-state index in [-0.39, 0.29) is 0 Å². The molecule has 0 bridgehead atoms. The minimum atomic E-state index is 0.618. The van der Waals surface area contributed by atoms with Crippen LogP contribution in [0.5, 0.6) is 5.75 Å². The molecule has 3 aromatic rings. The zero-order valence-electron chi connectivity index (χ0n) is 16.2. The van der Waals surface area contributed by atoms with Gasteiger partial charge in [0.15, 0.2) is 0 Å².